The fourth-order valence-electron chi connectivity index (χ4n) is 1.59. The van der Waals surface area contributed by atoms with E-state index < -0.39 is 0 Å². The maximum atomic E-state index is 10.8. The van der Waals surface area contributed by atoms with Gasteiger partial charge < -0.3 is 4.74 Å². The van der Waals surface area contributed by atoms with Crippen molar-refractivity contribution in [1.82, 2.24) is 10.2 Å². The van der Waals surface area contributed by atoms with E-state index in [9.17, 15) is 4.79 Å². The van der Waals surface area contributed by atoms with E-state index in [4.69, 9.17) is 4.74 Å². The van der Waals surface area contributed by atoms with Crippen LogP contribution in [0.5, 0.6) is 5.75 Å². The number of rotatable bonds is 4. The number of carbonyl (C=O) groups excluding carboxylic acids is 1. The van der Waals surface area contributed by atoms with Gasteiger partial charge in [0.2, 0.25) is 0 Å². The van der Waals surface area contributed by atoms with Crippen LogP contribution in [0, 0.1) is 0 Å². The first-order valence-electron chi connectivity index (χ1n) is 5.46. The van der Waals surface area contributed by atoms with Gasteiger partial charge in [-0.3, -0.25) is 9.89 Å². The number of nitrogens with zero attached hydrogens (tertiary/aromatic N) is 1. The zero-order chi connectivity index (χ0) is 12.3. The molecule has 96 valence electrons. The highest BCUT2D eigenvalue weighted by Gasteiger charge is 2.06. The highest BCUT2D eigenvalue weighted by atomic mass is 35.5. The van der Waals surface area contributed by atoms with Crippen LogP contribution in [0.4, 0.5) is 0 Å². The van der Waals surface area contributed by atoms with E-state index in [0.29, 0.717) is 5.56 Å². The summed E-state index contributed by atoms with van der Waals surface area (Å²) in [7, 11) is 0. The van der Waals surface area contributed by atoms with Crippen molar-refractivity contribution in [2.45, 2.75) is 20.0 Å². The molecule has 0 atom stereocenters. The standard InChI is InChI=1S/C13H14N2O2.ClH/c1-9(2)17-12-5-3-10(4-6-12)13-11(8-16)7-14-15-13;/h3-9H,1-2H3,(H,14,15);1H. The van der Waals surface area contributed by atoms with Gasteiger partial charge in [0.15, 0.2) is 6.29 Å². The Morgan fingerprint density at radius 3 is 2.50 bits per heavy atom. The minimum Gasteiger partial charge on any atom is -0.491 e. The third kappa shape index (κ3) is 3.11. The number of aromatic nitrogens is 2. The summed E-state index contributed by atoms with van der Waals surface area (Å²) in [6.07, 6.45) is 2.46. The second-order valence-electron chi connectivity index (χ2n) is 4.01. The van der Waals surface area contributed by atoms with Crippen molar-refractivity contribution in [3.8, 4) is 17.0 Å². The average molecular weight is 267 g/mol. The van der Waals surface area contributed by atoms with Crippen LogP contribution in [0.25, 0.3) is 11.3 Å². The average Bonchev–Trinajstić information content (AvgIpc) is 2.77. The molecule has 0 aliphatic carbocycles. The van der Waals surface area contributed by atoms with E-state index in [1.807, 2.05) is 38.1 Å². The summed E-state index contributed by atoms with van der Waals surface area (Å²) in [6, 6.07) is 7.56. The smallest absolute Gasteiger partial charge is 0.153 e. The molecule has 0 fully saturated rings. The highest BCUT2D eigenvalue weighted by Crippen LogP contribution is 2.23. The molecular weight excluding hydrogens is 252 g/mol. The first kappa shape index (κ1) is 14.3. The number of ether oxygens (including phenoxy) is 1. The summed E-state index contributed by atoms with van der Waals surface area (Å²) in [5.74, 6) is 0.816. The van der Waals surface area contributed by atoms with E-state index in [-0.39, 0.29) is 18.5 Å². The van der Waals surface area contributed by atoms with Crippen LogP contribution in [0.15, 0.2) is 30.5 Å². The van der Waals surface area contributed by atoms with E-state index in [1.54, 1.807) is 0 Å². The van der Waals surface area contributed by atoms with Gasteiger partial charge in [-0.2, -0.15) is 5.10 Å². The molecule has 0 aliphatic heterocycles. The van der Waals surface area contributed by atoms with Crippen molar-refractivity contribution in [3.05, 3.63) is 36.0 Å². The molecule has 0 radical (unpaired) electrons. The van der Waals surface area contributed by atoms with Crippen LogP contribution in [0.2, 0.25) is 0 Å². The van der Waals surface area contributed by atoms with Crippen molar-refractivity contribution >= 4 is 18.7 Å². The minimum absolute atomic E-state index is 0. The number of aromatic amines is 1. The Bertz CT molecular complexity index is 506. The summed E-state index contributed by atoms with van der Waals surface area (Å²) in [4.78, 5) is 10.8. The van der Waals surface area contributed by atoms with Gasteiger partial charge in [0.1, 0.15) is 5.75 Å². The van der Waals surface area contributed by atoms with Crippen LogP contribution < -0.4 is 4.74 Å². The van der Waals surface area contributed by atoms with Crippen molar-refractivity contribution in [3.63, 3.8) is 0 Å². The minimum atomic E-state index is 0. The highest BCUT2D eigenvalue weighted by molar-refractivity contribution is 5.85. The third-order valence-corrected chi connectivity index (χ3v) is 2.31. The van der Waals surface area contributed by atoms with Crippen LogP contribution in [-0.4, -0.2) is 22.6 Å². The lowest BCUT2D eigenvalue weighted by atomic mass is 10.1. The second-order valence-corrected chi connectivity index (χ2v) is 4.01. The molecule has 0 saturated heterocycles. The Morgan fingerprint density at radius 2 is 1.94 bits per heavy atom. The van der Waals surface area contributed by atoms with Gasteiger partial charge in [-0.25, -0.2) is 0 Å². The molecule has 1 aromatic heterocycles. The molecule has 0 unspecified atom stereocenters. The number of hydrogen-bond donors (Lipinski definition) is 1. The van der Waals surface area contributed by atoms with Gasteiger partial charge in [-0.15, -0.1) is 12.4 Å². The molecular formula is C13H15ClN2O2. The molecule has 0 amide bonds. The van der Waals surface area contributed by atoms with Crippen LogP contribution in [0.1, 0.15) is 24.2 Å². The summed E-state index contributed by atoms with van der Waals surface area (Å²) in [5.41, 5.74) is 2.21. The van der Waals surface area contributed by atoms with Gasteiger partial charge in [-0.05, 0) is 38.1 Å². The SMILES string of the molecule is CC(C)Oc1ccc(-c2[nH]ncc2C=O)cc1.Cl. The Hall–Kier alpha value is -1.81. The normalized spacial score (nSPS) is 9.94. The molecule has 0 aliphatic rings. The van der Waals surface area contributed by atoms with Crippen molar-refractivity contribution in [1.29, 1.82) is 0 Å². The number of benzene rings is 1. The topological polar surface area (TPSA) is 55.0 Å². The number of carbonyl (C=O) groups is 1. The first-order chi connectivity index (χ1) is 8.20. The van der Waals surface area contributed by atoms with Crippen molar-refractivity contribution in [2.75, 3.05) is 0 Å². The molecule has 1 aromatic carbocycles. The monoisotopic (exact) mass is 266 g/mol. The summed E-state index contributed by atoms with van der Waals surface area (Å²) in [5, 5.41) is 6.66. The molecule has 0 bridgehead atoms. The lowest BCUT2D eigenvalue weighted by Gasteiger charge is -2.09. The predicted molar refractivity (Wildman–Crippen MR) is 72.4 cm³/mol. The quantitative estimate of drug-likeness (QED) is 0.865. The molecule has 4 nitrogen and oxygen atoms in total. The van der Waals surface area contributed by atoms with E-state index in [2.05, 4.69) is 10.2 Å². The molecule has 5 heteroatoms. The van der Waals surface area contributed by atoms with Gasteiger partial charge in [0.25, 0.3) is 0 Å². The number of hydrogen-bond acceptors (Lipinski definition) is 3. The summed E-state index contributed by atoms with van der Waals surface area (Å²) < 4.78 is 5.55. The van der Waals surface area contributed by atoms with Gasteiger partial charge >= 0.3 is 0 Å². The molecule has 1 heterocycles. The number of H-pyrrole nitrogens is 1. The van der Waals surface area contributed by atoms with E-state index >= 15 is 0 Å². The van der Waals surface area contributed by atoms with Gasteiger partial charge in [0.05, 0.1) is 23.6 Å². The summed E-state index contributed by atoms with van der Waals surface area (Å²) in [6.45, 7) is 3.96. The molecule has 0 spiro atoms. The maximum absolute atomic E-state index is 10.8. The van der Waals surface area contributed by atoms with E-state index in [0.717, 1.165) is 23.3 Å². The Balaban J connectivity index is 0.00000162. The maximum Gasteiger partial charge on any atom is 0.153 e. The summed E-state index contributed by atoms with van der Waals surface area (Å²) >= 11 is 0. The van der Waals surface area contributed by atoms with Gasteiger partial charge in [-0.1, -0.05) is 0 Å². The molecule has 18 heavy (non-hydrogen) atoms. The molecule has 2 rings (SSSR count). The molecule has 2 aromatic rings. The Morgan fingerprint density at radius 1 is 1.28 bits per heavy atom. The number of nitrogens with one attached hydrogen (secondary N) is 1. The fraction of sp³-hybridized carbons (Fsp3) is 0.231. The molecule has 1 N–H and O–H groups in total. The number of aldehydes is 1. The zero-order valence-electron chi connectivity index (χ0n) is 10.2. The number of halogens is 1. The Kier molecular flexibility index (Phi) is 4.92. The van der Waals surface area contributed by atoms with E-state index in [1.165, 1.54) is 6.20 Å². The molecule has 0 saturated carbocycles. The second kappa shape index (κ2) is 6.21. The third-order valence-electron chi connectivity index (χ3n) is 2.31. The zero-order valence-corrected chi connectivity index (χ0v) is 11.0. The van der Waals surface area contributed by atoms with Crippen molar-refractivity contribution in [2.24, 2.45) is 0 Å². The lowest BCUT2D eigenvalue weighted by molar-refractivity contribution is 0.112. The van der Waals surface area contributed by atoms with Crippen molar-refractivity contribution < 1.29 is 9.53 Å². The predicted octanol–water partition coefficient (Wildman–Crippen LogP) is 3.10. The first-order valence-corrected chi connectivity index (χ1v) is 5.46. The van der Waals surface area contributed by atoms with Crippen LogP contribution in [0.3, 0.4) is 0 Å². The lowest BCUT2D eigenvalue weighted by Crippen LogP contribution is -2.05. The van der Waals surface area contributed by atoms with Gasteiger partial charge in [0, 0.05) is 5.56 Å². The largest absolute Gasteiger partial charge is 0.491 e. The Labute approximate surface area is 112 Å². The fourth-order valence-corrected chi connectivity index (χ4v) is 1.59. The van der Waals surface area contributed by atoms with Crippen LogP contribution >= 0.6 is 12.4 Å². The van der Waals surface area contributed by atoms with Crippen LogP contribution in [-0.2, 0) is 0 Å².